The summed E-state index contributed by atoms with van der Waals surface area (Å²) in [5.74, 6) is 5.84. The highest BCUT2D eigenvalue weighted by molar-refractivity contribution is 7.40. The molecule has 3 aromatic heterocycles. The number of hydrogen-bond acceptors (Lipinski definition) is 14. The second-order valence-electron chi connectivity index (χ2n) is 8.90. The minimum atomic E-state index is -2.65. The molecule has 2 unspecified atom stereocenters. The molecule has 3 aliphatic heterocycles. The average molecular weight is 596 g/mol. The Morgan fingerprint density at radius 1 is 1.05 bits per heavy atom. The Kier molecular flexibility index (Phi) is 8.14. The monoisotopic (exact) mass is 596 g/mol. The largest absolute Gasteiger partial charge is 0.387 e. The summed E-state index contributed by atoms with van der Waals surface area (Å²) in [7, 11) is -5.25. The number of nitrogens with zero attached hydrogens (tertiary/aromatic N) is 5. The summed E-state index contributed by atoms with van der Waals surface area (Å²) in [5, 5.41) is 10.8. The molecule has 6 heterocycles. The van der Waals surface area contributed by atoms with Crippen molar-refractivity contribution < 1.29 is 46.9 Å². The van der Waals surface area contributed by atoms with Crippen molar-refractivity contribution in [3.05, 3.63) is 42.7 Å². The summed E-state index contributed by atoms with van der Waals surface area (Å²) in [4.78, 5) is 37.1. The molecular weight excluding hydrogens is 573 g/mol. The number of aliphatic hydroxyl groups excluding tert-OH is 1. The van der Waals surface area contributed by atoms with E-state index in [-0.39, 0.29) is 23.6 Å². The number of aliphatic hydroxyl groups is 1. The molecule has 18 heteroatoms. The van der Waals surface area contributed by atoms with Crippen molar-refractivity contribution in [1.29, 1.82) is 0 Å². The van der Waals surface area contributed by atoms with E-state index in [2.05, 4.69) is 31.8 Å². The lowest BCUT2D eigenvalue weighted by atomic mass is 10.1. The molecule has 212 valence electrons. The van der Waals surface area contributed by atoms with Crippen LogP contribution < -0.4 is 5.73 Å². The van der Waals surface area contributed by atoms with Gasteiger partial charge in [-0.25, -0.2) is 19.3 Å². The van der Waals surface area contributed by atoms with E-state index in [4.69, 9.17) is 33.3 Å². The number of halogens is 1. The Bertz CT molecular complexity index is 1400. The van der Waals surface area contributed by atoms with Gasteiger partial charge in [0.2, 0.25) is 0 Å². The van der Waals surface area contributed by atoms with Gasteiger partial charge >= 0.3 is 17.2 Å². The molecule has 15 nitrogen and oxygen atoms in total. The number of alkyl halides is 1. The van der Waals surface area contributed by atoms with Crippen LogP contribution in [0.2, 0.25) is 0 Å². The van der Waals surface area contributed by atoms with Crippen molar-refractivity contribution in [2.45, 2.75) is 49.0 Å². The first-order chi connectivity index (χ1) is 19.4. The number of ether oxygens (including phenoxy) is 2. The van der Waals surface area contributed by atoms with Gasteiger partial charge in [-0.1, -0.05) is 11.8 Å². The van der Waals surface area contributed by atoms with Crippen molar-refractivity contribution in [2.24, 2.45) is 0 Å². The van der Waals surface area contributed by atoms with E-state index >= 15 is 4.39 Å². The predicted octanol–water partition coefficient (Wildman–Crippen LogP) is 0.475. The lowest BCUT2D eigenvalue weighted by Gasteiger charge is -2.23. The molecule has 3 fully saturated rings. The first kappa shape index (κ1) is 27.6. The van der Waals surface area contributed by atoms with Gasteiger partial charge in [0.25, 0.3) is 0 Å². The van der Waals surface area contributed by atoms with Gasteiger partial charge in [-0.2, -0.15) is 0 Å². The maximum absolute atomic E-state index is 15.7. The van der Waals surface area contributed by atoms with Gasteiger partial charge in [0.15, 0.2) is 23.9 Å². The van der Waals surface area contributed by atoms with Crippen molar-refractivity contribution >= 4 is 34.2 Å². The van der Waals surface area contributed by atoms with Crippen LogP contribution in [0.3, 0.4) is 0 Å². The zero-order chi connectivity index (χ0) is 27.8. The SMILES string of the molecule is Nc1ncnc2c1ncn2[C@@H]1O[C@@H]2COP(O)O[C@@H]3[C@H](O)[C@@H](COP(O)O[C@H]2[C@H]1F)O[C@H]3C#Cc1cccnc1. The molecule has 0 spiro atoms. The molecule has 0 aliphatic carbocycles. The van der Waals surface area contributed by atoms with Gasteiger partial charge in [-0.05, 0) is 12.1 Å². The van der Waals surface area contributed by atoms with Gasteiger partial charge in [0, 0.05) is 18.0 Å². The van der Waals surface area contributed by atoms with Crippen LogP contribution in [0, 0.1) is 11.8 Å². The van der Waals surface area contributed by atoms with Gasteiger partial charge < -0.3 is 48.2 Å². The second-order valence-corrected chi connectivity index (χ2v) is 10.8. The normalized spacial score (nSPS) is 36.6. The van der Waals surface area contributed by atoms with Gasteiger partial charge in [-0.15, -0.1) is 0 Å². The number of aromatic nitrogens is 5. The maximum atomic E-state index is 15.7. The molecule has 3 aromatic rings. The van der Waals surface area contributed by atoms with Crippen LogP contribution in [0.1, 0.15) is 11.8 Å². The highest BCUT2D eigenvalue weighted by Gasteiger charge is 2.51. The molecule has 0 radical (unpaired) electrons. The maximum Gasteiger partial charge on any atom is 0.330 e. The van der Waals surface area contributed by atoms with E-state index in [0.717, 1.165) is 0 Å². The fourth-order valence-corrected chi connectivity index (χ4v) is 6.05. The number of nitrogens with two attached hydrogens (primary N) is 1. The third-order valence-electron chi connectivity index (χ3n) is 6.41. The Morgan fingerprint density at radius 2 is 1.82 bits per heavy atom. The van der Waals surface area contributed by atoms with Crippen LogP contribution in [0.4, 0.5) is 10.2 Å². The number of pyridine rings is 1. The van der Waals surface area contributed by atoms with Crippen molar-refractivity contribution in [3.63, 3.8) is 0 Å². The van der Waals surface area contributed by atoms with Crippen LogP contribution in [-0.4, -0.2) is 95.4 Å². The standard InChI is InChI=1S/C22H23FN6O9P2/c23-15-18-14(36-22(15)29-10-28-16-20(24)26-9-27-21(16)29)8-34-40(32)38-19-12(4-3-11-2-1-5-25-6-11)35-13(17(19)30)7-33-39(31)37-18/h1-2,5-6,9-10,12-15,17-19,22,30-32H,7-8H2,(H2,24,26,27)/t12-,13+,14+,15+,17+,18+,19-,22+,39?,40?/m0/s1. The molecule has 2 bridgehead atoms. The molecule has 0 aromatic carbocycles. The Morgan fingerprint density at radius 3 is 2.60 bits per heavy atom. The average Bonchev–Trinajstić information content (AvgIpc) is 3.60. The van der Waals surface area contributed by atoms with Crippen LogP contribution >= 0.6 is 17.2 Å². The molecule has 3 aliphatic rings. The fourth-order valence-electron chi connectivity index (χ4n) is 4.48. The highest BCUT2D eigenvalue weighted by Crippen LogP contribution is 2.47. The second kappa shape index (κ2) is 11.8. The minimum absolute atomic E-state index is 0.108. The number of hydrogen-bond donors (Lipinski definition) is 4. The molecule has 5 N–H and O–H groups in total. The smallest absolute Gasteiger partial charge is 0.330 e. The topological polar surface area (TPSA) is 199 Å². The lowest BCUT2D eigenvalue weighted by molar-refractivity contribution is -0.0454. The van der Waals surface area contributed by atoms with Crippen molar-refractivity contribution in [3.8, 4) is 11.8 Å². The molecule has 10 atom stereocenters. The van der Waals surface area contributed by atoms with E-state index in [1.807, 2.05) is 0 Å². The third-order valence-corrected chi connectivity index (χ3v) is 8.00. The van der Waals surface area contributed by atoms with Gasteiger partial charge in [0.1, 0.15) is 48.5 Å². The summed E-state index contributed by atoms with van der Waals surface area (Å²) in [6, 6.07) is 3.45. The summed E-state index contributed by atoms with van der Waals surface area (Å²) >= 11 is 0. The fraction of sp³-hybridized carbons (Fsp3) is 0.455. The van der Waals surface area contributed by atoms with E-state index in [1.165, 1.54) is 17.2 Å². The summed E-state index contributed by atoms with van der Waals surface area (Å²) in [5.41, 5.74) is 6.92. The molecular formula is C22H23FN6O9P2. The number of fused-ring (bicyclic) bond motifs is 4. The zero-order valence-corrected chi connectivity index (χ0v) is 22.2. The molecule has 0 saturated carbocycles. The summed E-state index contributed by atoms with van der Waals surface area (Å²) in [6.07, 6.45) is -4.34. The van der Waals surface area contributed by atoms with Gasteiger partial charge in [0.05, 0.1) is 19.5 Å². The van der Waals surface area contributed by atoms with E-state index < -0.39 is 72.8 Å². The quantitative estimate of drug-likeness (QED) is 0.223. The first-order valence-corrected chi connectivity index (χ1v) is 14.2. The Hall–Kier alpha value is -2.51. The van der Waals surface area contributed by atoms with Crippen LogP contribution in [-0.2, 0) is 27.6 Å². The number of rotatable bonds is 1. The number of anilines is 1. The van der Waals surface area contributed by atoms with Crippen LogP contribution in [0.5, 0.6) is 0 Å². The highest BCUT2D eigenvalue weighted by atomic mass is 31.2. The van der Waals surface area contributed by atoms with Crippen molar-refractivity contribution in [2.75, 3.05) is 18.9 Å². The zero-order valence-electron chi connectivity index (χ0n) is 20.4. The summed E-state index contributed by atoms with van der Waals surface area (Å²) in [6.45, 7) is -0.727. The van der Waals surface area contributed by atoms with Gasteiger partial charge in [-0.3, -0.25) is 9.55 Å². The van der Waals surface area contributed by atoms with Crippen molar-refractivity contribution in [1.82, 2.24) is 24.5 Å². The lowest BCUT2D eigenvalue weighted by Crippen LogP contribution is -2.35. The predicted molar refractivity (Wildman–Crippen MR) is 134 cm³/mol. The van der Waals surface area contributed by atoms with E-state index in [1.54, 1.807) is 24.5 Å². The number of imidazole rings is 1. The molecule has 40 heavy (non-hydrogen) atoms. The third kappa shape index (κ3) is 5.52. The molecule has 6 rings (SSSR count). The number of nitrogen functional groups attached to an aromatic ring is 1. The summed E-state index contributed by atoms with van der Waals surface area (Å²) < 4.78 is 50.7. The molecule has 3 saturated heterocycles. The Labute approximate surface area is 228 Å². The first-order valence-electron chi connectivity index (χ1n) is 11.9. The van der Waals surface area contributed by atoms with E-state index in [9.17, 15) is 14.9 Å². The van der Waals surface area contributed by atoms with Crippen LogP contribution in [0.25, 0.3) is 11.2 Å². The minimum Gasteiger partial charge on any atom is -0.387 e. The van der Waals surface area contributed by atoms with E-state index in [0.29, 0.717) is 5.56 Å². The molecule has 0 amide bonds. The van der Waals surface area contributed by atoms with Crippen LogP contribution in [0.15, 0.2) is 37.2 Å². The Balaban J connectivity index is 1.21.